The molecule has 3 rings (SSSR count). The summed E-state index contributed by atoms with van der Waals surface area (Å²) in [5, 5.41) is 4.52. The Kier molecular flexibility index (Phi) is 6.22. The van der Waals surface area contributed by atoms with Crippen LogP contribution in [-0.4, -0.2) is 16.5 Å². The standard InChI is InChI=1S/C24H26N4/c1-4-16-26-24-22-20(19-10-7-6-8-11-19)12-9-13-21(22)27-23(28-24)18(5-2)15-14-17(3)25/h5-15H,3-4,16,25H2,1-2H3,(H,26,27,28)/b15-14-,18-5+. The van der Waals surface area contributed by atoms with Gasteiger partial charge in [-0.1, -0.05) is 62.0 Å². The predicted octanol–water partition coefficient (Wildman–Crippen LogP) is 5.55. The van der Waals surface area contributed by atoms with Gasteiger partial charge in [-0.15, -0.1) is 0 Å². The third-order valence-corrected chi connectivity index (χ3v) is 4.40. The average molecular weight is 370 g/mol. The molecule has 142 valence electrons. The molecule has 0 aliphatic heterocycles. The smallest absolute Gasteiger partial charge is 0.161 e. The Bertz CT molecular complexity index is 1030. The molecule has 0 fully saturated rings. The van der Waals surface area contributed by atoms with Crippen LogP contribution in [-0.2, 0) is 0 Å². The fourth-order valence-corrected chi connectivity index (χ4v) is 3.04. The fourth-order valence-electron chi connectivity index (χ4n) is 3.04. The van der Waals surface area contributed by atoms with Gasteiger partial charge in [0.2, 0.25) is 0 Å². The van der Waals surface area contributed by atoms with Crippen molar-refractivity contribution in [3.63, 3.8) is 0 Å². The van der Waals surface area contributed by atoms with Gasteiger partial charge in [0, 0.05) is 17.8 Å². The zero-order valence-corrected chi connectivity index (χ0v) is 16.4. The first-order chi connectivity index (χ1) is 13.6. The highest BCUT2D eigenvalue weighted by Gasteiger charge is 2.14. The second-order valence-corrected chi connectivity index (χ2v) is 6.54. The van der Waals surface area contributed by atoms with E-state index in [-0.39, 0.29) is 0 Å². The van der Waals surface area contributed by atoms with Crippen molar-refractivity contribution in [1.29, 1.82) is 0 Å². The summed E-state index contributed by atoms with van der Waals surface area (Å²) in [7, 11) is 0. The summed E-state index contributed by atoms with van der Waals surface area (Å²) in [6.07, 6.45) is 6.65. The van der Waals surface area contributed by atoms with Crippen LogP contribution in [0.2, 0.25) is 0 Å². The van der Waals surface area contributed by atoms with Crippen LogP contribution in [0.5, 0.6) is 0 Å². The Labute approximate surface area is 166 Å². The van der Waals surface area contributed by atoms with Gasteiger partial charge in [0.25, 0.3) is 0 Å². The van der Waals surface area contributed by atoms with Gasteiger partial charge in [-0.25, -0.2) is 9.97 Å². The number of benzene rings is 2. The van der Waals surface area contributed by atoms with Crippen LogP contribution < -0.4 is 11.1 Å². The molecular weight excluding hydrogens is 344 g/mol. The first-order valence-electron chi connectivity index (χ1n) is 9.53. The number of hydrogen-bond acceptors (Lipinski definition) is 4. The Morgan fingerprint density at radius 3 is 2.54 bits per heavy atom. The molecule has 0 aliphatic rings. The molecule has 0 spiro atoms. The van der Waals surface area contributed by atoms with Crippen molar-refractivity contribution in [1.82, 2.24) is 9.97 Å². The van der Waals surface area contributed by atoms with Gasteiger partial charge in [0.05, 0.1) is 10.9 Å². The maximum Gasteiger partial charge on any atom is 0.161 e. The second-order valence-electron chi connectivity index (χ2n) is 6.54. The van der Waals surface area contributed by atoms with Crippen LogP contribution in [0.1, 0.15) is 26.1 Å². The highest BCUT2D eigenvalue weighted by atomic mass is 15.0. The zero-order valence-electron chi connectivity index (χ0n) is 16.4. The summed E-state index contributed by atoms with van der Waals surface area (Å²) in [4.78, 5) is 9.70. The van der Waals surface area contributed by atoms with Crippen molar-refractivity contribution in [2.24, 2.45) is 5.73 Å². The lowest BCUT2D eigenvalue weighted by molar-refractivity contribution is 0.967. The van der Waals surface area contributed by atoms with Crippen molar-refractivity contribution in [2.75, 3.05) is 11.9 Å². The summed E-state index contributed by atoms with van der Waals surface area (Å²) < 4.78 is 0. The van der Waals surface area contributed by atoms with E-state index in [2.05, 4.69) is 37.0 Å². The summed E-state index contributed by atoms with van der Waals surface area (Å²) >= 11 is 0. The topological polar surface area (TPSA) is 63.8 Å². The molecule has 0 unspecified atom stereocenters. The van der Waals surface area contributed by atoms with Crippen LogP contribution in [0.15, 0.2) is 79.0 Å². The maximum atomic E-state index is 5.68. The molecule has 0 radical (unpaired) electrons. The number of fused-ring (bicyclic) bond motifs is 1. The van der Waals surface area contributed by atoms with Crippen molar-refractivity contribution in [2.45, 2.75) is 20.3 Å². The Hall–Kier alpha value is -3.40. The third kappa shape index (κ3) is 4.29. The molecule has 0 bridgehead atoms. The van der Waals surface area contributed by atoms with Gasteiger partial charge >= 0.3 is 0 Å². The second kappa shape index (κ2) is 9.00. The van der Waals surface area contributed by atoms with E-state index in [0.29, 0.717) is 11.5 Å². The molecule has 3 aromatic rings. The number of nitrogens with one attached hydrogen (secondary N) is 1. The largest absolute Gasteiger partial charge is 0.399 e. The number of aromatic nitrogens is 2. The summed E-state index contributed by atoms with van der Waals surface area (Å²) in [5.74, 6) is 1.51. The summed E-state index contributed by atoms with van der Waals surface area (Å²) in [5.41, 5.74) is 10.3. The van der Waals surface area contributed by atoms with E-state index >= 15 is 0 Å². The normalized spacial score (nSPS) is 11.9. The third-order valence-electron chi connectivity index (χ3n) is 4.40. The van der Waals surface area contributed by atoms with Gasteiger partial charge in [0.15, 0.2) is 5.82 Å². The van der Waals surface area contributed by atoms with Crippen molar-refractivity contribution < 1.29 is 0 Å². The molecule has 4 heteroatoms. The highest BCUT2D eigenvalue weighted by Crippen LogP contribution is 2.33. The maximum absolute atomic E-state index is 5.68. The van der Waals surface area contributed by atoms with Crippen LogP contribution >= 0.6 is 0 Å². The summed E-state index contributed by atoms with van der Waals surface area (Å²) in [6, 6.07) is 16.5. The molecule has 0 saturated heterocycles. The van der Waals surface area contributed by atoms with Crippen molar-refractivity contribution >= 4 is 22.3 Å². The molecule has 0 amide bonds. The SMILES string of the molecule is C=C(N)/C=C\C(=C/C)c1nc(NCCC)c2c(-c3ccccc3)cccc2n1. The van der Waals surface area contributed by atoms with Gasteiger partial charge in [-0.3, -0.25) is 0 Å². The van der Waals surface area contributed by atoms with E-state index in [1.807, 2.05) is 49.4 Å². The van der Waals surface area contributed by atoms with Gasteiger partial charge in [0.1, 0.15) is 5.82 Å². The lowest BCUT2D eigenvalue weighted by Gasteiger charge is -2.14. The highest BCUT2D eigenvalue weighted by molar-refractivity contribution is 6.02. The van der Waals surface area contributed by atoms with Gasteiger partial charge in [-0.05, 0) is 42.7 Å². The number of nitrogens with zero attached hydrogens (tertiary/aromatic N) is 2. The van der Waals surface area contributed by atoms with Gasteiger partial charge in [-0.2, -0.15) is 0 Å². The fraction of sp³-hybridized carbons (Fsp3) is 0.167. The monoisotopic (exact) mass is 370 g/mol. The van der Waals surface area contributed by atoms with E-state index in [1.165, 1.54) is 0 Å². The molecule has 0 saturated carbocycles. The van der Waals surface area contributed by atoms with E-state index in [1.54, 1.807) is 6.08 Å². The lowest BCUT2D eigenvalue weighted by Crippen LogP contribution is -2.06. The molecule has 2 aromatic carbocycles. The minimum absolute atomic E-state index is 0.496. The van der Waals surface area contributed by atoms with Crippen molar-refractivity contribution in [3.05, 3.63) is 84.9 Å². The van der Waals surface area contributed by atoms with E-state index in [0.717, 1.165) is 46.4 Å². The zero-order chi connectivity index (χ0) is 19.9. The van der Waals surface area contributed by atoms with E-state index < -0.39 is 0 Å². The number of anilines is 1. The number of nitrogens with two attached hydrogens (primary N) is 1. The first kappa shape index (κ1) is 19.4. The average Bonchev–Trinajstić information content (AvgIpc) is 2.72. The molecule has 0 atom stereocenters. The quantitative estimate of drug-likeness (QED) is 0.535. The van der Waals surface area contributed by atoms with Crippen LogP contribution in [0.3, 0.4) is 0 Å². The molecule has 1 aromatic heterocycles. The first-order valence-corrected chi connectivity index (χ1v) is 9.53. The van der Waals surface area contributed by atoms with Crippen LogP contribution in [0.4, 0.5) is 5.82 Å². The Morgan fingerprint density at radius 1 is 1.07 bits per heavy atom. The predicted molar refractivity (Wildman–Crippen MR) is 120 cm³/mol. The van der Waals surface area contributed by atoms with E-state index in [4.69, 9.17) is 15.7 Å². The van der Waals surface area contributed by atoms with Crippen LogP contribution in [0, 0.1) is 0 Å². The van der Waals surface area contributed by atoms with E-state index in [9.17, 15) is 0 Å². The molecule has 1 heterocycles. The molecule has 3 N–H and O–H groups in total. The number of hydrogen-bond donors (Lipinski definition) is 2. The molecule has 4 nitrogen and oxygen atoms in total. The van der Waals surface area contributed by atoms with Crippen LogP contribution in [0.25, 0.3) is 27.6 Å². The minimum atomic E-state index is 0.496. The minimum Gasteiger partial charge on any atom is -0.399 e. The Morgan fingerprint density at radius 2 is 1.86 bits per heavy atom. The molecule has 0 aliphatic carbocycles. The summed E-state index contributed by atoms with van der Waals surface area (Å²) in [6.45, 7) is 8.67. The van der Waals surface area contributed by atoms with Crippen molar-refractivity contribution in [3.8, 4) is 11.1 Å². The Balaban J connectivity index is 2.22. The van der Waals surface area contributed by atoms with Gasteiger partial charge < -0.3 is 11.1 Å². The lowest BCUT2D eigenvalue weighted by atomic mass is 10.0. The number of rotatable bonds is 7. The molecule has 28 heavy (non-hydrogen) atoms. The molecular formula is C24H26N4. The number of allylic oxidation sites excluding steroid dienone is 4.